The van der Waals surface area contributed by atoms with E-state index < -0.39 is 6.16 Å². The minimum Gasteiger partial charge on any atom is -0.493 e. The van der Waals surface area contributed by atoms with Gasteiger partial charge in [0.1, 0.15) is 5.75 Å². The normalized spacial score (nSPS) is 13.5. The van der Waals surface area contributed by atoms with Crippen molar-refractivity contribution in [1.82, 2.24) is 0 Å². The van der Waals surface area contributed by atoms with Gasteiger partial charge in [0.15, 0.2) is 11.5 Å². The van der Waals surface area contributed by atoms with E-state index in [0.29, 0.717) is 35.1 Å². The van der Waals surface area contributed by atoms with Gasteiger partial charge in [-0.2, -0.15) is 0 Å². The van der Waals surface area contributed by atoms with Crippen molar-refractivity contribution >= 4 is 29.4 Å². The van der Waals surface area contributed by atoms with Crippen LogP contribution < -0.4 is 19.5 Å². The van der Waals surface area contributed by atoms with E-state index >= 15 is 0 Å². The Morgan fingerprint density at radius 2 is 1.71 bits per heavy atom. The van der Waals surface area contributed by atoms with Gasteiger partial charge in [-0.1, -0.05) is 38.3 Å². The molecule has 7 nitrogen and oxygen atoms in total. The highest BCUT2D eigenvalue weighted by molar-refractivity contribution is 6.35. The number of hydrogen-bond donors (Lipinski definition) is 1. The zero-order chi connectivity index (χ0) is 22.2. The number of unbranched alkanes of at least 4 members (excludes halogenated alkanes) is 3. The lowest BCUT2D eigenvalue weighted by Crippen LogP contribution is -2.11. The first-order valence-corrected chi connectivity index (χ1v) is 10.3. The SMILES string of the molecule is CCCCCCOC(=O)Oc1ccc(C=C2C(=O)Nc3cc(OC)c(OC)cc32)cc1. The summed E-state index contributed by atoms with van der Waals surface area (Å²) in [6.07, 6.45) is 5.16. The molecule has 0 bridgehead atoms. The second-order valence-electron chi connectivity index (χ2n) is 7.10. The molecule has 1 N–H and O–H groups in total. The van der Waals surface area contributed by atoms with Gasteiger partial charge < -0.3 is 24.3 Å². The van der Waals surface area contributed by atoms with E-state index in [-0.39, 0.29) is 5.91 Å². The van der Waals surface area contributed by atoms with Crippen LogP contribution in [0.5, 0.6) is 17.2 Å². The van der Waals surface area contributed by atoms with Crippen molar-refractivity contribution in [2.45, 2.75) is 32.6 Å². The Morgan fingerprint density at radius 3 is 2.39 bits per heavy atom. The molecule has 0 radical (unpaired) electrons. The number of benzene rings is 2. The lowest BCUT2D eigenvalue weighted by atomic mass is 10.0. The fourth-order valence-corrected chi connectivity index (χ4v) is 3.27. The van der Waals surface area contributed by atoms with Crippen molar-refractivity contribution in [1.29, 1.82) is 0 Å². The molecule has 1 aliphatic rings. The Labute approximate surface area is 181 Å². The Kier molecular flexibility index (Phi) is 7.54. The summed E-state index contributed by atoms with van der Waals surface area (Å²) in [6, 6.07) is 10.4. The molecule has 1 heterocycles. The molecule has 2 aromatic carbocycles. The molecule has 0 saturated heterocycles. The lowest BCUT2D eigenvalue weighted by molar-refractivity contribution is -0.110. The van der Waals surface area contributed by atoms with Crippen molar-refractivity contribution in [2.75, 3.05) is 26.1 Å². The van der Waals surface area contributed by atoms with Crippen molar-refractivity contribution in [3.05, 3.63) is 47.5 Å². The van der Waals surface area contributed by atoms with Gasteiger partial charge in [-0.05, 0) is 36.3 Å². The number of fused-ring (bicyclic) bond motifs is 1. The van der Waals surface area contributed by atoms with E-state index in [1.807, 2.05) is 0 Å². The molecule has 0 unspecified atom stereocenters. The summed E-state index contributed by atoms with van der Waals surface area (Å²) in [4.78, 5) is 24.2. The average Bonchev–Trinajstić information content (AvgIpc) is 3.07. The minimum absolute atomic E-state index is 0.211. The Balaban J connectivity index is 1.67. The molecule has 0 saturated carbocycles. The zero-order valence-electron chi connectivity index (χ0n) is 18.0. The maximum absolute atomic E-state index is 12.5. The second-order valence-corrected chi connectivity index (χ2v) is 7.10. The Hall–Kier alpha value is -3.48. The van der Waals surface area contributed by atoms with Gasteiger partial charge in [-0.25, -0.2) is 4.79 Å². The highest BCUT2D eigenvalue weighted by atomic mass is 16.7. The summed E-state index contributed by atoms with van der Waals surface area (Å²) in [5.41, 5.74) is 2.69. The highest BCUT2D eigenvalue weighted by Crippen LogP contribution is 2.41. The molecule has 0 aromatic heterocycles. The van der Waals surface area contributed by atoms with Crippen molar-refractivity contribution in [3.8, 4) is 17.2 Å². The quantitative estimate of drug-likeness (QED) is 0.254. The van der Waals surface area contributed by atoms with Crippen LogP contribution in [0.1, 0.15) is 43.7 Å². The van der Waals surface area contributed by atoms with E-state index in [9.17, 15) is 9.59 Å². The predicted octanol–water partition coefficient (Wildman–Crippen LogP) is 5.29. The number of rotatable bonds is 9. The van der Waals surface area contributed by atoms with Gasteiger partial charge in [-0.3, -0.25) is 4.79 Å². The van der Waals surface area contributed by atoms with Gasteiger partial charge in [-0.15, -0.1) is 0 Å². The molecule has 0 fully saturated rings. The second kappa shape index (κ2) is 10.5. The molecule has 3 rings (SSSR count). The van der Waals surface area contributed by atoms with E-state index in [1.54, 1.807) is 56.7 Å². The van der Waals surface area contributed by atoms with Gasteiger partial charge in [0, 0.05) is 17.2 Å². The van der Waals surface area contributed by atoms with Crippen LogP contribution in [0.2, 0.25) is 0 Å². The Morgan fingerprint density at radius 1 is 1.00 bits per heavy atom. The molecular weight excluding hydrogens is 398 g/mol. The number of nitrogens with one attached hydrogen (secondary N) is 1. The molecule has 31 heavy (non-hydrogen) atoms. The third kappa shape index (κ3) is 5.57. The van der Waals surface area contributed by atoms with E-state index in [2.05, 4.69) is 12.2 Å². The van der Waals surface area contributed by atoms with Gasteiger partial charge in [0.05, 0.1) is 26.5 Å². The molecule has 0 spiro atoms. The fourth-order valence-electron chi connectivity index (χ4n) is 3.27. The van der Waals surface area contributed by atoms with E-state index in [4.69, 9.17) is 18.9 Å². The molecule has 0 aliphatic carbocycles. The highest BCUT2D eigenvalue weighted by Gasteiger charge is 2.26. The number of carbonyl (C=O) groups excluding carboxylic acids is 2. The zero-order valence-corrected chi connectivity index (χ0v) is 18.0. The van der Waals surface area contributed by atoms with Crippen LogP contribution in [-0.2, 0) is 9.53 Å². The lowest BCUT2D eigenvalue weighted by Gasteiger charge is -2.09. The standard InChI is InChI=1S/C24H27NO6/c1-4-5-6-7-12-30-24(27)31-17-10-8-16(9-11-17)13-19-18-14-21(28-2)22(29-3)15-20(18)25-23(19)26/h8-11,13-15H,4-7,12H2,1-3H3,(H,25,26). The van der Waals surface area contributed by atoms with Crippen LogP contribution >= 0.6 is 0 Å². The van der Waals surface area contributed by atoms with Crippen molar-refractivity contribution in [2.24, 2.45) is 0 Å². The minimum atomic E-state index is -0.715. The Bertz CT molecular complexity index is 965. The number of anilines is 1. The molecule has 1 aliphatic heterocycles. The van der Waals surface area contributed by atoms with E-state index in [0.717, 1.165) is 36.8 Å². The number of methoxy groups -OCH3 is 2. The monoisotopic (exact) mass is 425 g/mol. The number of hydrogen-bond acceptors (Lipinski definition) is 6. The van der Waals surface area contributed by atoms with Gasteiger partial charge >= 0.3 is 6.16 Å². The number of ether oxygens (including phenoxy) is 4. The van der Waals surface area contributed by atoms with Crippen LogP contribution in [0.25, 0.3) is 11.6 Å². The largest absolute Gasteiger partial charge is 0.513 e. The van der Waals surface area contributed by atoms with Gasteiger partial charge in [0.25, 0.3) is 5.91 Å². The summed E-state index contributed by atoms with van der Waals surface area (Å²) in [6.45, 7) is 2.48. The number of carbonyl (C=O) groups is 2. The average molecular weight is 425 g/mol. The summed E-state index contributed by atoms with van der Waals surface area (Å²) in [5, 5.41) is 2.83. The fraction of sp³-hybridized carbons (Fsp3) is 0.333. The first kappa shape index (κ1) is 22.2. The van der Waals surface area contributed by atoms with E-state index in [1.165, 1.54) is 0 Å². The maximum Gasteiger partial charge on any atom is 0.513 e. The third-order valence-corrected chi connectivity index (χ3v) is 4.92. The molecular formula is C24H27NO6. The summed E-state index contributed by atoms with van der Waals surface area (Å²) < 4.78 is 20.9. The summed E-state index contributed by atoms with van der Waals surface area (Å²) in [5.74, 6) is 1.25. The molecule has 2 aromatic rings. The van der Waals surface area contributed by atoms with Gasteiger partial charge in [0.2, 0.25) is 0 Å². The third-order valence-electron chi connectivity index (χ3n) is 4.92. The smallest absolute Gasteiger partial charge is 0.493 e. The molecule has 0 atom stereocenters. The number of amides is 1. The topological polar surface area (TPSA) is 83.1 Å². The summed E-state index contributed by atoms with van der Waals surface area (Å²) >= 11 is 0. The molecule has 7 heteroatoms. The summed E-state index contributed by atoms with van der Waals surface area (Å²) in [7, 11) is 3.09. The first-order chi connectivity index (χ1) is 15.0. The van der Waals surface area contributed by atoms with Crippen LogP contribution in [0, 0.1) is 0 Å². The molecule has 1 amide bonds. The van der Waals surface area contributed by atoms with Crippen LogP contribution in [0.3, 0.4) is 0 Å². The molecule has 164 valence electrons. The van der Waals surface area contributed by atoms with Crippen LogP contribution in [0.15, 0.2) is 36.4 Å². The predicted molar refractivity (Wildman–Crippen MR) is 119 cm³/mol. The van der Waals surface area contributed by atoms with Crippen molar-refractivity contribution in [3.63, 3.8) is 0 Å². The van der Waals surface area contributed by atoms with Crippen molar-refractivity contribution < 1.29 is 28.5 Å². The van der Waals surface area contributed by atoms with Crippen LogP contribution in [0.4, 0.5) is 10.5 Å². The maximum atomic E-state index is 12.5. The van der Waals surface area contributed by atoms with Crippen LogP contribution in [-0.4, -0.2) is 32.9 Å². The first-order valence-electron chi connectivity index (χ1n) is 10.3.